The van der Waals surface area contributed by atoms with Gasteiger partial charge in [-0.1, -0.05) is 0 Å². The Bertz CT molecular complexity index is 812. The summed E-state index contributed by atoms with van der Waals surface area (Å²) >= 11 is 0. The smallest absolute Gasteiger partial charge is 0.226 e. The second-order valence-electron chi connectivity index (χ2n) is 4.77. The molecule has 0 amide bonds. The summed E-state index contributed by atoms with van der Waals surface area (Å²) in [6, 6.07) is 5.47. The van der Waals surface area contributed by atoms with Gasteiger partial charge in [0.2, 0.25) is 5.88 Å². The van der Waals surface area contributed by atoms with Crippen molar-refractivity contribution in [2.24, 2.45) is 0 Å². The van der Waals surface area contributed by atoms with E-state index in [-0.39, 0.29) is 17.1 Å². The Balaban J connectivity index is 2.18. The number of fused-ring (bicyclic) bond motifs is 2. The predicted molar refractivity (Wildman–Crippen MR) is 80.2 cm³/mol. The molecule has 3 rings (SSSR count). The van der Waals surface area contributed by atoms with Crippen LogP contribution in [0.1, 0.15) is 16.7 Å². The van der Waals surface area contributed by atoms with Crippen molar-refractivity contribution < 1.29 is 14.2 Å². The summed E-state index contributed by atoms with van der Waals surface area (Å²) in [6.07, 6.45) is 0.436. The number of nitrogens with two attached hydrogens (primary N) is 2. The molecule has 7 heteroatoms. The molecular weight excluding hydrogens is 284 g/mol. The minimum atomic E-state index is 0.0528. The summed E-state index contributed by atoms with van der Waals surface area (Å²) < 4.78 is 16.4. The van der Waals surface area contributed by atoms with Crippen molar-refractivity contribution in [3.63, 3.8) is 0 Å². The topological polar surface area (TPSA) is 116 Å². The monoisotopic (exact) mass is 298 g/mol. The maximum atomic E-state index is 9.13. The van der Waals surface area contributed by atoms with E-state index in [4.69, 9.17) is 30.9 Å². The average Bonchev–Trinajstić information content (AvgIpc) is 2.52. The van der Waals surface area contributed by atoms with Gasteiger partial charge < -0.3 is 25.7 Å². The molecule has 0 radical (unpaired) electrons. The molecule has 1 aliphatic heterocycles. The van der Waals surface area contributed by atoms with Gasteiger partial charge in [-0.3, -0.25) is 0 Å². The molecule has 112 valence electrons. The molecule has 1 aromatic carbocycles. The standard InChI is InChI=1S/C15H14N4O3/c1-20-7-3-11(21-2)8-5-9-13(17)10(6-16)14(18)19-15(9)22-12(8)4-7/h3-4H,5H2,1-2H3,(H4,17,18,19). The third-order valence-corrected chi connectivity index (χ3v) is 3.60. The largest absolute Gasteiger partial charge is 0.496 e. The summed E-state index contributed by atoms with van der Waals surface area (Å²) in [5.74, 6) is 2.15. The summed E-state index contributed by atoms with van der Waals surface area (Å²) in [6.45, 7) is 0. The van der Waals surface area contributed by atoms with Crippen LogP contribution in [0.25, 0.3) is 0 Å². The Morgan fingerprint density at radius 3 is 2.64 bits per heavy atom. The average molecular weight is 298 g/mol. The Kier molecular flexibility index (Phi) is 3.14. The van der Waals surface area contributed by atoms with E-state index in [1.807, 2.05) is 6.07 Å². The number of anilines is 2. The maximum Gasteiger partial charge on any atom is 0.226 e. The summed E-state index contributed by atoms with van der Waals surface area (Å²) in [7, 11) is 3.13. The van der Waals surface area contributed by atoms with E-state index < -0.39 is 0 Å². The summed E-state index contributed by atoms with van der Waals surface area (Å²) in [5.41, 5.74) is 13.7. The van der Waals surface area contributed by atoms with Gasteiger partial charge in [0, 0.05) is 29.7 Å². The molecule has 0 fully saturated rings. The molecule has 0 spiro atoms. The van der Waals surface area contributed by atoms with Crippen LogP contribution >= 0.6 is 0 Å². The van der Waals surface area contributed by atoms with E-state index in [9.17, 15) is 0 Å². The fraction of sp³-hybridized carbons (Fsp3) is 0.200. The number of rotatable bonds is 2. The molecule has 0 saturated carbocycles. The number of methoxy groups -OCH3 is 2. The number of nitrogen functional groups attached to an aromatic ring is 2. The summed E-state index contributed by atoms with van der Waals surface area (Å²) in [4.78, 5) is 4.13. The Morgan fingerprint density at radius 2 is 2.00 bits per heavy atom. The van der Waals surface area contributed by atoms with Gasteiger partial charge in [-0.2, -0.15) is 10.2 Å². The van der Waals surface area contributed by atoms with Crippen molar-refractivity contribution in [2.45, 2.75) is 6.42 Å². The molecule has 0 bridgehead atoms. The zero-order valence-electron chi connectivity index (χ0n) is 12.1. The molecule has 1 aliphatic rings. The molecular formula is C15H14N4O3. The molecule has 0 atom stereocenters. The summed E-state index contributed by atoms with van der Waals surface area (Å²) in [5, 5.41) is 9.13. The second-order valence-corrected chi connectivity index (χ2v) is 4.77. The lowest BCUT2D eigenvalue weighted by Gasteiger charge is -2.23. The lowest BCUT2D eigenvalue weighted by Crippen LogP contribution is -2.12. The molecule has 22 heavy (non-hydrogen) atoms. The Labute approximate surface area is 127 Å². The highest BCUT2D eigenvalue weighted by atomic mass is 16.5. The van der Waals surface area contributed by atoms with Crippen LogP contribution in [0, 0.1) is 11.3 Å². The maximum absolute atomic E-state index is 9.13. The fourth-order valence-electron chi connectivity index (χ4n) is 2.45. The first-order chi connectivity index (χ1) is 10.6. The predicted octanol–water partition coefficient (Wildman–Crippen LogP) is 1.83. The SMILES string of the molecule is COc1cc(OC)c2c(c1)Oc1nc(N)c(C#N)c(N)c1C2. The molecule has 1 aromatic heterocycles. The molecule has 0 aliphatic carbocycles. The fourth-order valence-corrected chi connectivity index (χ4v) is 2.45. The van der Waals surface area contributed by atoms with Crippen LogP contribution < -0.4 is 25.7 Å². The first-order valence-corrected chi connectivity index (χ1v) is 6.49. The third kappa shape index (κ3) is 1.93. The highest BCUT2D eigenvalue weighted by Crippen LogP contribution is 2.45. The van der Waals surface area contributed by atoms with Gasteiger partial charge in [0.1, 0.15) is 34.7 Å². The van der Waals surface area contributed by atoms with Crippen LogP contribution in [0.3, 0.4) is 0 Å². The normalized spacial score (nSPS) is 11.7. The van der Waals surface area contributed by atoms with E-state index in [2.05, 4.69) is 4.98 Å². The minimum absolute atomic E-state index is 0.0528. The van der Waals surface area contributed by atoms with Gasteiger partial charge in [-0.15, -0.1) is 0 Å². The number of benzene rings is 1. The van der Waals surface area contributed by atoms with Crippen molar-refractivity contribution in [1.82, 2.24) is 4.98 Å². The van der Waals surface area contributed by atoms with Crippen LogP contribution in [0.2, 0.25) is 0 Å². The Morgan fingerprint density at radius 1 is 1.23 bits per heavy atom. The van der Waals surface area contributed by atoms with Crippen molar-refractivity contribution in [1.29, 1.82) is 5.26 Å². The third-order valence-electron chi connectivity index (χ3n) is 3.60. The van der Waals surface area contributed by atoms with Gasteiger partial charge >= 0.3 is 0 Å². The van der Waals surface area contributed by atoms with Crippen LogP contribution in [-0.2, 0) is 6.42 Å². The highest BCUT2D eigenvalue weighted by molar-refractivity contribution is 5.73. The van der Waals surface area contributed by atoms with Crippen molar-refractivity contribution >= 4 is 11.5 Å². The van der Waals surface area contributed by atoms with Crippen molar-refractivity contribution in [3.05, 3.63) is 28.8 Å². The second kappa shape index (κ2) is 5.00. The van der Waals surface area contributed by atoms with E-state index in [1.54, 1.807) is 26.4 Å². The van der Waals surface area contributed by atoms with E-state index in [1.165, 1.54) is 0 Å². The van der Waals surface area contributed by atoms with Crippen LogP contribution in [0.15, 0.2) is 12.1 Å². The van der Waals surface area contributed by atoms with Crippen LogP contribution in [-0.4, -0.2) is 19.2 Å². The molecule has 2 aromatic rings. The van der Waals surface area contributed by atoms with Crippen molar-refractivity contribution in [3.8, 4) is 29.2 Å². The van der Waals surface area contributed by atoms with Crippen molar-refractivity contribution in [2.75, 3.05) is 25.7 Å². The number of aromatic nitrogens is 1. The minimum Gasteiger partial charge on any atom is -0.496 e. The quantitative estimate of drug-likeness (QED) is 0.741. The highest BCUT2D eigenvalue weighted by Gasteiger charge is 2.27. The van der Waals surface area contributed by atoms with Gasteiger partial charge in [-0.05, 0) is 0 Å². The van der Waals surface area contributed by atoms with E-state index >= 15 is 0 Å². The van der Waals surface area contributed by atoms with Gasteiger partial charge in [0.05, 0.1) is 19.9 Å². The molecule has 0 saturated heterocycles. The van der Waals surface area contributed by atoms with E-state index in [0.29, 0.717) is 35.1 Å². The van der Waals surface area contributed by atoms with Crippen LogP contribution in [0.4, 0.5) is 11.5 Å². The molecule has 2 heterocycles. The molecule has 0 unspecified atom stereocenters. The number of ether oxygens (including phenoxy) is 3. The van der Waals surface area contributed by atoms with Gasteiger partial charge in [0.15, 0.2) is 0 Å². The molecule has 7 nitrogen and oxygen atoms in total. The first kappa shape index (κ1) is 13.8. The lowest BCUT2D eigenvalue weighted by molar-refractivity contribution is 0.375. The number of nitrogens with zero attached hydrogens (tertiary/aromatic N) is 2. The zero-order valence-corrected chi connectivity index (χ0v) is 12.1. The van der Waals surface area contributed by atoms with Gasteiger partial charge in [0.25, 0.3) is 0 Å². The first-order valence-electron chi connectivity index (χ1n) is 6.49. The Hall–Kier alpha value is -3.14. The van der Waals surface area contributed by atoms with Gasteiger partial charge in [-0.25, -0.2) is 0 Å². The van der Waals surface area contributed by atoms with Crippen LogP contribution in [0.5, 0.6) is 23.1 Å². The number of hydrogen-bond donors (Lipinski definition) is 2. The zero-order chi connectivity index (χ0) is 15.9. The molecule has 4 N–H and O–H groups in total. The lowest BCUT2D eigenvalue weighted by atomic mass is 9.98. The van der Waals surface area contributed by atoms with E-state index in [0.717, 1.165) is 5.56 Å². The number of nitriles is 1. The number of hydrogen-bond acceptors (Lipinski definition) is 7. The number of pyridine rings is 1.